The van der Waals surface area contributed by atoms with Crippen molar-refractivity contribution in [2.45, 2.75) is 31.1 Å². The third-order valence-electron chi connectivity index (χ3n) is 10.3. The number of fused-ring (bicyclic) bond motifs is 4. The maximum Gasteiger partial charge on any atom is 0.260 e. The van der Waals surface area contributed by atoms with Gasteiger partial charge in [0.25, 0.3) is 11.8 Å². The van der Waals surface area contributed by atoms with E-state index < -0.39 is 52.6 Å². The van der Waals surface area contributed by atoms with Crippen molar-refractivity contribution in [1.82, 2.24) is 9.91 Å². The molecule has 4 aliphatic rings. The van der Waals surface area contributed by atoms with E-state index >= 15 is 4.79 Å². The van der Waals surface area contributed by atoms with Crippen LogP contribution in [0.25, 0.3) is 0 Å². The zero-order valence-electron chi connectivity index (χ0n) is 25.4. The van der Waals surface area contributed by atoms with E-state index in [1.165, 1.54) is 36.3 Å². The van der Waals surface area contributed by atoms with Crippen LogP contribution >= 0.6 is 27.5 Å². The van der Waals surface area contributed by atoms with Crippen LogP contribution in [0, 0.1) is 29.5 Å². The number of carbonyl (C=O) groups excluding carboxylic acids is 4. The number of benzene rings is 3. The average Bonchev–Trinajstić information content (AvgIpc) is 3.44. The molecule has 6 atom stereocenters. The zero-order valence-corrected chi connectivity index (χ0v) is 27.7. The van der Waals surface area contributed by atoms with E-state index in [0.29, 0.717) is 32.7 Å². The van der Waals surface area contributed by atoms with E-state index in [2.05, 4.69) is 21.4 Å². The number of nitrogens with one attached hydrogen (secondary N) is 1. The Morgan fingerprint density at radius 2 is 1.72 bits per heavy atom. The molecule has 1 saturated carbocycles. The summed E-state index contributed by atoms with van der Waals surface area (Å²) in [5.74, 6) is -5.64. The van der Waals surface area contributed by atoms with Crippen LogP contribution < -0.4 is 10.2 Å². The summed E-state index contributed by atoms with van der Waals surface area (Å²) in [6, 6.07) is 15.4. The third kappa shape index (κ3) is 4.53. The van der Waals surface area contributed by atoms with E-state index in [9.17, 15) is 23.9 Å². The number of allylic oxidation sites excluding steroid dienone is 2. The Bertz CT molecular complexity index is 1870. The van der Waals surface area contributed by atoms with Gasteiger partial charge in [0.15, 0.2) is 11.5 Å². The second kappa shape index (κ2) is 11.5. The van der Waals surface area contributed by atoms with Crippen molar-refractivity contribution in [3.63, 3.8) is 0 Å². The number of hydrogen-bond donors (Lipinski definition) is 2. The molecule has 0 aromatic heterocycles. The Kier molecular flexibility index (Phi) is 7.67. The van der Waals surface area contributed by atoms with Crippen molar-refractivity contribution in [2.24, 2.45) is 23.7 Å². The molecule has 4 amide bonds. The molecule has 2 aliphatic carbocycles. The highest BCUT2D eigenvalue weighted by atomic mass is 79.9. The molecule has 12 heteroatoms. The van der Waals surface area contributed by atoms with Gasteiger partial charge < -0.3 is 9.84 Å². The predicted octanol–water partition coefficient (Wildman–Crippen LogP) is 5.96. The number of aromatic hydroxyl groups is 1. The van der Waals surface area contributed by atoms with Crippen LogP contribution in [0.5, 0.6) is 11.5 Å². The number of amides is 4. The molecule has 2 aliphatic heterocycles. The van der Waals surface area contributed by atoms with Gasteiger partial charge in [-0.15, -0.1) is 0 Å². The highest BCUT2D eigenvalue weighted by Gasteiger charge is 2.70. The number of halogens is 3. The lowest BCUT2D eigenvalue weighted by Gasteiger charge is -2.50. The number of rotatable bonds is 6. The Morgan fingerprint density at radius 3 is 2.38 bits per heavy atom. The van der Waals surface area contributed by atoms with E-state index in [1.807, 2.05) is 6.08 Å². The number of hydrogen-bond acceptors (Lipinski definition) is 7. The summed E-state index contributed by atoms with van der Waals surface area (Å²) in [5.41, 5.74) is 3.58. The fourth-order valence-electron chi connectivity index (χ4n) is 8.32. The number of likely N-dealkylation sites (tertiary alicyclic amines) is 1. The van der Waals surface area contributed by atoms with Crippen LogP contribution in [0.1, 0.15) is 36.8 Å². The topological polar surface area (TPSA) is 116 Å². The number of nitrogens with zero attached hydrogens (tertiary/aromatic N) is 2. The normalized spacial score (nSPS) is 28.2. The molecule has 0 bridgehead atoms. The number of phenolic OH excluding ortho intramolecular Hbond substituents is 1. The fraction of sp³-hybridized carbons (Fsp3) is 0.314. The molecule has 3 fully saturated rings. The Balaban J connectivity index is 1.49. The van der Waals surface area contributed by atoms with Crippen LogP contribution in [-0.4, -0.2) is 52.3 Å². The Hall–Kier alpha value is -4.22. The number of anilines is 1. The molecule has 9 nitrogen and oxygen atoms in total. The van der Waals surface area contributed by atoms with Gasteiger partial charge in [0.2, 0.25) is 11.8 Å². The molecule has 2 heterocycles. The first-order valence-corrected chi connectivity index (χ1v) is 16.5. The third-order valence-corrected chi connectivity index (χ3v) is 11.1. The van der Waals surface area contributed by atoms with Gasteiger partial charge >= 0.3 is 0 Å². The van der Waals surface area contributed by atoms with E-state index in [1.54, 1.807) is 43.3 Å². The molecule has 0 spiro atoms. The minimum absolute atomic E-state index is 0.130. The molecule has 2 N–H and O–H groups in total. The SMILES string of the molecule is CCN1C(=O)C2CC=C3C(CC4C(=O)N(Nc5ccc(F)cc5)C(=O)C4(c4ccc(Cl)cc4)C3c3cc(Br)c(O)c(OC)c3)C2C1=O. The van der Waals surface area contributed by atoms with Gasteiger partial charge in [-0.05, 0) is 101 Å². The van der Waals surface area contributed by atoms with Crippen molar-refractivity contribution in [1.29, 1.82) is 0 Å². The summed E-state index contributed by atoms with van der Waals surface area (Å²) in [5, 5.41) is 12.2. The Labute approximate surface area is 283 Å². The molecule has 7 rings (SSSR count). The van der Waals surface area contributed by atoms with Crippen LogP contribution in [-0.2, 0) is 24.6 Å². The minimum atomic E-state index is -1.54. The van der Waals surface area contributed by atoms with E-state index in [-0.39, 0.29) is 36.3 Å². The molecule has 47 heavy (non-hydrogen) atoms. The molecular weight excluding hydrogens is 693 g/mol. The van der Waals surface area contributed by atoms with Gasteiger partial charge in [0.05, 0.1) is 40.4 Å². The molecule has 0 radical (unpaired) electrons. The Morgan fingerprint density at radius 1 is 1.02 bits per heavy atom. The van der Waals surface area contributed by atoms with Gasteiger partial charge in [-0.1, -0.05) is 35.4 Å². The predicted molar refractivity (Wildman–Crippen MR) is 174 cm³/mol. The smallest absolute Gasteiger partial charge is 0.260 e. The molecule has 3 aromatic carbocycles. The fourth-order valence-corrected chi connectivity index (χ4v) is 8.91. The van der Waals surface area contributed by atoms with Crippen LogP contribution in [0.4, 0.5) is 10.1 Å². The first-order chi connectivity index (χ1) is 22.5. The lowest BCUT2D eigenvalue weighted by atomic mass is 9.49. The van der Waals surface area contributed by atoms with Crippen LogP contribution in [0.2, 0.25) is 5.02 Å². The number of hydrazine groups is 1. The second-order valence-electron chi connectivity index (χ2n) is 12.3. The number of imide groups is 2. The van der Waals surface area contributed by atoms with E-state index in [4.69, 9.17) is 16.3 Å². The summed E-state index contributed by atoms with van der Waals surface area (Å²) in [6.07, 6.45) is 2.38. The number of phenols is 1. The van der Waals surface area contributed by atoms with Crippen LogP contribution in [0.3, 0.4) is 0 Å². The largest absolute Gasteiger partial charge is 0.503 e. The van der Waals surface area contributed by atoms with Crippen molar-refractivity contribution in [3.8, 4) is 11.5 Å². The quantitative estimate of drug-likeness (QED) is 0.238. The summed E-state index contributed by atoms with van der Waals surface area (Å²) in [7, 11) is 1.41. The molecule has 242 valence electrons. The van der Waals surface area contributed by atoms with Crippen molar-refractivity contribution >= 4 is 56.8 Å². The highest BCUT2D eigenvalue weighted by molar-refractivity contribution is 9.10. The average molecular weight is 723 g/mol. The molecule has 2 saturated heterocycles. The number of carbonyl (C=O) groups is 4. The monoisotopic (exact) mass is 721 g/mol. The molecule has 3 aromatic rings. The molecule has 6 unspecified atom stereocenters. The number of ether oxygens (including phenoxy) is 1. The van der Waals surface area contributed by atoms with Gasteiger partial charge in [0, 0.05) is 17.5 Å². The standard InChI is InChI=1S/C35H30BrClFN3O6/c1-3-40-31(43)23-13-12-22-24(28(23)33(40)45)16-25-32(44)41(39-21-10-8-20(38)9-11-21)34(46)35(25,18-4-6-19(37)7-5-18)29(22)17-14-26(36)30(42)27(15-17)47-2/h4-12,14-15,23-25,28-29,39,42H,3,13,16H2,1-2H3. The highest BCUT2D eigenvalue weighted by Crippen LogP contribution is 2.64. The van der Waals surface area contributed by atoms with Gasteiger partial charge in [0.1, 0.15) is 5.82 Å². The zero-order chi connectivity index (χ0) is 33.4. The number of methoxy groups -OCH3 is 1. The van der Waals surface area contributed by atoms with Gasteiger partial charge in [-0.2, -0.15) is 5.01 Å². The maximum atomic E-state index is 15.1. The summed E-state index contributed by atoms with van der Waals surface area (Å²) in [6.45, 7) is 2.00. The maximum absolute atomic E-state index is 15.1. The lowest BCUT2D eigenvalue weighted by molar-refractivity contribution is -0.141. The first-order valence-electron chi connectivity index (χ1n) is 15.3. The second-order valence-corrected chi connectivity index (χ2v) is 13.6. The van der Waals surface area contributed by atoms with Gasteiger partial charge in [-0.25, -0.2) is 4.39 Å². The summed E-state index contributed by atoms with van der Waals surface area (Å²) >= 11 is 9.76. The van der Waals surface area contributed by atoms with Crippen LogP contribution in [0.15, 0.2) is 76.8 Å². The van der Waals surface area contributed by atoms with E-state index in [0.717, 1.165) is 10.6 Å². The lowest BCUT2D eigenvalue weighted by Crippen LogP contribution is -2.53. The summed E-state index contributed by atoms with van der Waals surface area (Å²) in [4.78, 5) is 58.2. The van der Waals surface area contributed by atoms with Crippen molar-refractivity contribution < 1.29 is 33.4 Å². The first kappa shape index (κ1) is 31.4. The van der Waals surface area contributed by atoms with Crippen molar-refractivity contribution in [3.05, 3.63) is 98.8 Å². The summed E-state index contributed by atoms with van der Waals surface area (Å²) < 4.78 is 19.6. The van der Waals surface area contributed by atoms with Gasteiger partial charge in [-0.3, -0.25) is 29.5 Å². The molecular formula is C35H30BrClFN3O6. The minimum Gasteiger partial charge on any atom is -0.503 e. The van der Waals surface area contributed by atoms with Crippen molar-refractivity contribution in [2.75, 3.05) is 19.1 Å².